The first-order valence-corrected chi connectivity index (χ1v) is 25.6. The van der Waals surface area contributed by atoms with Crippen molar-refractivity contribution in [3.8, 4) is 0 Å². The Bertz CT molecular complexity index is 992. The molecule has 1 aliphatic heterocycles. The average Bonchev–Trinajstić information content (AvgIpc) is 3.25. The zero-order valence-electron chi connectivity index (χ0n) is 39.0. The number of aliphatic hydroxyl groups excluding tert-OH is 5. The van der Waals surface area contributed by atoms with Gasteiger partial charge in [0.25, 0.3) is 0 Å². The Hall–Kier alpha value is -1.33. The van der Waals surface area contributed by atoms with Crippen molar-refractivity contribution in [2.45, 2.75) is 281 Å². The molecule has 1 heterocycles. The molecule has 0 spiro atoms. The largest absolute Gasteiger partial charge is 0.394 e. The van der Waals surface area contributed by atoms with E-state index in [0.29, 0.717) is 6.42 Å². The van der Waals surface area contributed by atoms with E-state index in [9.17, 15) is 30.3 Å². The molecule has 9 heteroatoms. The van der Waals surface area contributed by atoms with Gasteiger partial charge in [-0.05, 0) is 44.9 Å². The normalized spacial score (nSPS) is 20.7. The van der Waals surface area contributed by atoms with Crippen LogP contribution in [0.15, 0.2) is 24.3 Å². The Morgan fingerprint density at radius 2 is 0.933 bits per heavy atom. The molecule has 1 aliphatic rings. The molecule has 6 N–H and O–H groups in total. The fourth-order valence-corrected chi connectivity index (χ4v) is 8.15. The Morgan fingerprint density at radius 1 is 0.550 bits per heavy atom. The summed E-state index contributed by atoms with van der Waals surface area (Å²) in [5.41, 5.74) is 0. The lowest BCUT2D eigenvalue weighted by Gasteiger charge is -2.40. The molecule has 0 radical (unpaired) electrons. The number of hydrogen-bond acceptors (Lipinski definition) is 8. The van der Waals surface area contributed by atoms with Gasteiger partial charge in [-0.1, -0.05) is 212 Å². The molecule has 0 aromatic heterocycles. The number of hydrogen-bond donors (Lipinski definition) is 6. The van der Waals surface area contributed by atoms with E-state index in [1.165, 1.54) is 161 Å². The van der Waals surface area contributed by atoms with Crippen molar-refractivity contribution < 1.29 is 39.8 Å². The third-order valence-electron chi connectivity index (χ3n) is 12.3. The van der Waals surface area contributed by atoms with Crippen molar-refractivity contribution in [1.82, 2.24) is 5.32 Å². The number of carbonyl (C=O) groups excluding carboxylic acids is 1. The summed E-state index contributed by atoms with van der Waals surface area (Å²) in [4.78, 5) is 12.9. The van der Waals surface area contributed by atoms with Crippen LogP contribution in [0.4, 0.5) is 0 Å². The van der Waals surface area contributed by atoms with Gasteiger partial charge >= 0.3 is 0 Å². The fraction of sp³-hybridized carbons (Fsp3) is 0.902. The van der Waals surface area contributed by atoms with E-state index < -0.39 is 49.5 Å². The van der Waals surface area contributed by atoms with E-state index in [4.69, 9.17) is 9.47 Å². The number of aliphatic hydroxyl groups is 5. The second-order valence-corrected chi connectivity index (χ2v) is 18.0. The van der Waals surface area contributed by atoms with Gasteiger partial charge in [0.1, 0.15) is 24.4 Å². The molecule has 7 unspecified atom stereocenters. The summed E-state index contributed by atoms with van der Waals surface area (Å²) in [6.45, 7) is 3.76. The van der Waals surface area contributed by atoms with Gasteiger partial charge in [-0.25, -0.2) is 0 Å². The highest BCUT2D eigenvalue weighted by atomic mass is 16.7. The van der Waals surface area contributed by atoms with Crippen molar-refractivity contribution in [3.05, 3.63) is 24.3 Å². The molecular formula is C51H97NO8. The summed E-state index contributed by atoms with van der Waals surface area (Å²) >= 11 is 0. The minimum absolute atomic E-state index is 0.185. The van der Waals surface area contributed by atoms with Gasteiger partial charge < -0.3 is 40.3 Å². The van der Waals surface area contributed by atoms with Crippen LogP contribution in [0.25, 0.3) is 0 Å². The molecule has 60 heavy (non-hydrogen) atoms. The molecular weight excluding hydrogens is 755 g/mol. The number of rotatable bonds is 43. The molecule has 7 atom stereocenters. The summed E-state index contributed by atoms with van der Waals surface area (Å²) in [5, 5.41) is 54.3. The summed E-state index contributed by atoms with van der Waals surface area (Å²) in [6.07, 6.45) is 43.8. The van der Waals surface area contributed by atoms with Gasteiger partial charge in [-0.2, -0.15) is 0 Å². The number of allylic oxidation sites excluding steroid dienone is 3. The molecule has 0 aromatic rings. The zero-order chi connectivity index (χ0) is 43.7. The standard InChI is InChI=1S/C51H97NO8/c1-3-5-7-9-11-13-15-17-18-19-20-21-22-23-24-25-26-27-28-29-30-32-34-36-38-40-45(54)44(43-59-51-50(58)49(57)48(56)46(42-53)60-51)52-47(55)41-39-37-35-33-31-16-14-12-10-8-6-4-2/h12,14,38,40,44-46,48-51,53-54,56-58H,3-11,13,15-37,39,41-43H2,1-2H3,(H,52,55)/b14-12-,40-38+. The van der Waals surface area contributed by atoms with Crippen LogP contribution in [-0.4, -0.2) is 87.5 Å². The molecule has 0 aliphatic carbocycles. The van der Waals surface area contributed by atoms with Crippen molar-refractivity contribution >= 4 is 5.91 Å². The van der Waals surface area contributed by atoms with Gasteiger partial charge in [0.2, 0.25) is 5.91 Å². The maximum absolute atomic E-state index is 12.9. The van der Waals surface area contributed by atoms with Gasteiger partial charge in [-0.3, -0.25) is 4.79 Å². The van der Waals surface area contributed by atoms with Crippen LogP contribution in [0, 0.1) is 0 Å². The van der Waals surface area contributed by atoms with Crippen molar-refractivity contribution in [2.75, 3.05) is 13.2 Å². The molecule has 9 nitrogen and oxygen atoms in total. The minimum atomic E-state index is -1.57. The number of carbonyl (C=O) groups is 1. The van der Waals surface area contributed by atoms with Gasteiger partial charge in [0.15, 0.2) is 6.29 Å². The molecule has 1 saturated heterocycles. The third-order valence-corrected chi connectivity index (χ3v) is 12.3. The first kappa shape index (κ1) is 56.7. The summed E-state index contributed by atoms with van der Waals surface area (Å²) in [6, 6.07) is -0.806. The lowest BCUT2D eigenvalue weighted by Crippen LogP contribution is -2.60. The lowest BCUT2D eigenvalue weighted by molar-refractivity contribution is -0.302. The van der Waals surface area contributed by atoms with Gasteiger partial charge in [0, 0.05) is 6.42 Å². The van der Waals surface area contributed by atoms with Crippen LogP contribution in [0.3, 0.4) is 0 Å². The van der Waals surface area contributed by atoms with Crippen LogP contribution in [0.2, 0.25) is 0 Å². The smallest absolute Gasteiger partial charge is 0.220 e. The maximum Gasteiger partial charge on any atom is 0.220 e. The second-order valence-electron chi connectivity index (χ2n) is 18.0. The summed E-state index contributed by atoms with van der Waals surface area (Å²) < 4.78 is 11.2. The van der Waals surface area contributed by atoms with Gasteiger partial charge in [0.05, 0.1) is 25.4 Å². The number of unbranched alkanes of at least 4 members (excludes halogenated alkanes) is 31. The second kappa shape index (κ2) is 41.7. The predicted octanol–water partition coefficient (Wildman–Crippen LogP) is 11.5. The molecule has 0 saturated carbocycles. The fourth-order valence-electron chi connectivity index (χ4n) is 8.15. The van der Waals surface area contributed by atoms with E-state index in [2.05, 4.69) is 31.3 Å². The zero-order valence-corrected chi connectivity index (χ0v) is 39.0. The monoisotopic (exact) mass is 852 g/mol. The molecule has 0 aromatic carbocycles. The SMILES string of the molecule is CCCCC/C=C\CCCCCCCC(=O)NC(COC1OC(CO)C(O)C(O)C1O)C(O)/C=C/CCCCCCCCCCCCCCCCCCCCCCCCC. The maximum atomic E-state index is 12.9. The minimum Gasteiger partial charge on any atom is -0.394 e. The Kier molecular flexibility index (Phi) is 39.4. The molecule has 0 bridgehead atoms. The van der Waals surface area contributed by atoms with Crippen LogP contribution in [-0.2, 0) is 14.3 Å². The van der Waals surface area contributed by atoms with E-state index in [0.717, 1.165) is 57.8 Å². The van der Waals surface area contributed by atoms with E-state index in [-0.39, 0.29) is 12.5 Å². The average molecular weight is 852 g/mol. The highest BCUT2D eigenvalue weighted by Crippen LogP contribution is 2.23. The molecule has 1 rings (SSSR count). The van der Waals surface area contributed by atoms with Crippen molar-refractivity contribution in [1.29, 1.82) is 0 Å². The topological polar surface area (TPSA) is 149 Å². The number of amides is 1. The van der Waals surface area contributed by atoms with Crippen LogP contribution in [0.5, 0.6) is 0 Å². The predicted molar refractivity (Wildman–Crippen MR) is 249 cm³/mol. The van der Waals surface area contributed by atoms with Crippen molar-refractivity contribution in [3.63, 3.8) is 0 Å². The van der Waals surface area contributed by atoms with Crippen LogP contribution >= 0.6 is 0 Å². The first-order valence-electron chi connectivity index (χ1n) is 25.6. The highest BCUT2D eigenvalue weighted by molar-refractivity contribution is 5.76. The lowest BCUT2D eigenvalue weighted by atomic mass is 9.99. The molecule has 1 fully saturated rings. The van der Waals surface area contributed by atoms with E-state index in [1.807, 2.05) is 6.08 Å². The molecule has 1 amide bonds. The highest BCUT2D eigenvalue weighted by Gasteiger charge is 2.44. The van der Waals surface area contributed by atoms with Crippen LogP contribution < -0.4 is 5.32 Å². The number of ether oxygens (including phenoxy) is 2. The van der Waals surface area contributed by atoms with E-state index in [1.54, 1.807) is 6.08 Å². The summed E-state index contributed by atoms with van der Waals surface area (Å²) in [5.74, 6) is -0.185. The number of nitrogens with one attached hydrogen (secondary N) is 1. The molecule has 354 valence electrons. The van der Waals surface area contributed by atoms with Crippen LogP contribution in [0.1, 0.15) is 239 Å². The van der Waals surface area contributed by atoms with Crippen molar-refractivity contribution in [2.24, 2.45) is 0 Å². The third kappa shape index (κ3) is 31.5. The Balaban J connectivity index is 2.24. The Morgan fingerprint density at radius 3 is 1.38 bits per heavy atom. The van der Waals surface area contributed by atoms with Gasteiger partial charge in [-0.15, -0.1) is 0 Å². The Labute approximate surface area is 369 Å². The van der Waals surface area contributed by atoms with E-state index >= 15 is 0 Å². The quantitative estimate of drug-likeness (QED) is 0.0262. The first-order chi connectivity index (χ1) is 29.3. The summed E-state index contributed by atoms with van der Waals surface area (Å²) in [7, 11) is 0.